The van der Waals surface area contributed by atoms with Crippen LogP contribution in [0, 0.1) is 0 Å². The number of hydrogen-bond acceptors (Lipinski definition) is 2. The fourth-order valence-electron chi connectivity index (χ4n) is 2.50. The van der Waals surface area contributed by atoms with E-state index in [1.165, 1.54) is 16.8 Å². The Kier molecular flexibility index (Phi) is 3.72. The van der Waals surface area contributed by atoms with Gasteiger partial charge >= 0.3 is 0 Å². The molecule has 3 rings (SSSR count). The standard InChI is InChI=1S/C16H17ClN2/c17-15-7-6-14-12-19(9-8-18-16(14)10-15)11-13-4-2-1-3-5-13/h1-7,10,18H,8-9,11-12H2. The second-order valence-corrected chi connectivity index (χ2v) is 5.36. The Morgan fingerprint density at radius 2 is 1.95 bits per heavy atom. The quantitative estimate of drug-likeness (QED) is 0.895. The van der Waals surface area contributed by atoms with Gasteiger partial charge in [-0.3, -0.25) is 4.90 Å². The molecule has 0 unspecified atom stereocenters. The van der Waals surface area contributed by atoms with E-state index in [9.17, 15) is 0 Å². The Labute approximate surface area is 119 Å². The predicted octanol–water partition coefficient (Wildman–Crippen LogP) is 3.77. The molecule has 0 aliphatic carbocycles. The fraction of sp³-hybridized carbons (Fsp3) is 0.250. The molecule has 2 aromatic carbocycles. The minimum atomic E-state index is 0.794. The first-order valence-corrected chi connectivity index (χ1v) is 6.98. The van der Waals surface area contributed by atoms with Crippen molar-refractivity contribution in [3.05, 3.63) is 64.7 Å². The molecule has 19 heavy (non-hydrogen) atoms. The van der Waals surface area contributed by atoms with Gasteiger partial charge in [-0.25, -0.2) is 0 Å². The third-order valence-corrected chi connectivity index (χ3v) is 3.69. The van der Waals surface area contributed by atoms with E-state index in [0.717, 1.165) is 31.2 Å². The van der Waals surface area contributed by atoms with Gasteiger partial charge in [0.1, 0.15) is 0 Å². The van der Waals surface area contributed by atoms with Gasteiger partial charge in [0.05, 0.1) is 0 Å². The number of nitrogens with zero attached hydrogens (tertiary/aromatic N) is 1. The summed E-state index contributed by atoms with van der Waals surface area (Å²) in [5.41, 5.74) is 3.85. The first-order valence-electron chi connectivity index (χ1n) is 6.60. The van der Waals surface area contributed by atoms with Crippen molar-refractivity contribution in [2.24, 2.45) is 0 Å². The summed E-state index contributed by atoms with van der Waals surface area (Å²) in [7, 11) is 0. The summed E-state index contributed by atoms with van der Waals surface area (Å²) in [5, 5.41) is 4.25. The normalized spacial score (nSPS) is 15.4. The van der Waals surface area contributed by atoms with Crippen LogP contribution in [-0.2, 0) is 13.1 Å². The van der Waals surface area contributed by atoms with Gasteiger partial charge in [-0.15, -0.1) is 0 Å². The van der Waals surface area contributed by atoms with E-state index in [1.807, 2.05) is 12.1 Å². The van der Waals surface area contributed by atoms with E-state index in [-0.39, 0.29) is 0 Å². The van der Waals surface area contributed by atoms with Crippen molar-refractivity contribution in [2.75, 3.05) is 18.4 Å². The number of anilines is 1. The van der Waals surface area contributed by atoms with E-state index < -0.39 is 0 Å². The van der Waals surface area contributed by atoms with E-state index in [2.05, 4.69) is 46.6 Å². The largest absolute Gasteiger partial charge is 0.383 e. The molecule has 2 nitrogen and oxygen atoms in total. The smallest absolute Gasteiger partial charge is 0.0426 e. The molecule has 1 N–H and O–H groups in total. The lowest BCUT2D eigenvalue weighted by atomic mass is 10.1. The molecule has 1 aliphatic rings. The number of fused-ring (bicyclic) bond motifs is 1. The highest BCUT2D eigenvalue weighted by atomic mass is 35.5. The monoisotopic (exact) mass is 272 g/mol. The number of nitrogens with one attached hydrogen (secondary N) is 1. The molecule has 0 fully saturated rings. The molecule has 0 bridgehead atoms. The summed E-state index contributed by atoms with van der Waals surface area (Å²) in [5.74, 6) is 0. The maximum absolute atomic E-state index is 6.04. The summed E-state index contributed by atoms with van der Waals surface area (Å²) < 4.78 is 0. The lowest BCUT2D eigenvalue weighted by molar-refractivity contribution is 0.272. The van der Waals surface area contributed by atoms with Gasteiger partial charge in [0.25, 0.3) is 0 Å². The first kappa shape index (κ1) is 12.5. The molecule has 0 amide bonds. The van der Waals surface area contributed by atoms with Crippen LogP contribution in [0.1, 0.15) is 11.1 Å². The highest BCUT2D eigenvalue weighted by Crippen LogP contribution is 2.24. The predicted molar refractivity (Wildman–Crippen MR) is 80.5 cm³/mol. The summed E-state index contributed by atoms with van der Waals surface area (Å²) in [4.78, 5) is 2.46. The van der Waals surface area contributed by atoms with Gasteiger partial charge in [-0.1, -0.05) is 48.0 Å². The van der Waals surface area contributed by atoms with Gasteiger partial charge in [0, 0.05) is 36.9 Å². The Hall–Kier alpha value is -1.51. The molecule has 0 aromatic heterocycles. The third-order valence-electron chi connectivity index (χ3n) is 3.46. The highest BCUT2D eigenvalue weighted by molar-refractivity contribution is 6.30. The van der Waals surface area contributed by atoms with Crippen LogP contribution >= 0.6 is 11.6 Å². The Balaban J connectivity index is 1.77. The summed E-state index contributed by atoms with van der Waals surface area (Å²) in [6.07, 6.45) is 0. The molecule has 0 radical (unpaired) electrons. The molecule has 0 atom stereocenters. The Morgan fingerprint density at radius 3 is 2.79 bits per heavy atom. The summed E-state index contributed by atoms with van der Waals surface area (Å²) in [6.45, 7) is 3.96. The van der Waals surface area contributed by atoms with E-state index in [4.69, 9.17) is 11.6 Å². The van der Waals surface area contributed by atoms with Crippen LogP contribution in [-0.4, -0.2) is 18.0 Å². The van der Waals surface area contributed by atoms with Gasteiger partial charge in [0.2, 0.25) is 0 Å². The lowest BCUT2D eigenvalue weighted by Gasteiger charge is -2.19. The lowest BCUT2D eigenvalue weighted by Crippen LogP contribution is -2.25. The van der Waals surface area contributed by atoms with Gasteiger partial charge in [0.15, 0.2) is 0 Å². The van der Waals surface area contributed by atoms with Crippen LogP contribution in [0.15, 0.2) is 48.5 Å². The van der Waals surface area contributed by atoms with Crippen LogP contribution in [0.25, 0.3) is 0 Å². The second kappa shape index (κ2) is 5.64. The molecule has 3 heteroatoms. The Morgan fingerprint density at radius 1 is 1.11 bits per heavy atom. The molecule has 0 spiro atoms. The topological polar surface area (TPSA) is 15.3 Å². The van der Waals surface area contributed by atoms with Crippen molar-refractivity contribution in [3.63, 3.8) is 0 Å². The molecule has 98 valence electrons. The van der Waals surface area contributed by atoms with Crippen molar-refractivity contribution < 1.29 is 0 Å². The molecular weight excluding hydrogens is 256 g/mol. The average molecular weight is 273 g/mol. The third kappa shape index (κ3) is 3.09. The van der Waals surface area contributed by atoms with Crippen molar-refractivity contribution in [1.82, 2.24) is 4.90 Å². The van der Waals surface area contributed by atoms with Crippen molar-refractivity contribution >= 4 is 17.3 Å². The molecule has 1 aliphatic heterocycles. The molecular formula is C16H17ClN2. The average Bonchev–Trinajstić information content (AvgIpc) is 2.61. The van der Waals surface area contributed by atoms with E-state index >= 15 is 0 Å². The second-order valence-electron chi connectivity index (χ2n) is 4.92. The van der Waals surface area contributed by atoms with Crippen LogP contribution < -0.4 is 5.32 Å². The molecule has 1 heterocycles. The SMILES string of the molecule is Clc1ccc2c(c1)NCCN(Cc1ccccc1)C2. The summed E-state index contributed by atoms with van der Waals surface area (Å²) in [6, 6.07) is 16.7. The van der Waals surface area contributed by atoms with Gasteiger partial charge in [-0.05, 0) is 23.3 Å². The van der Waals surface area contributed by atoms with Crippen molar-refractivity contribution in [1.29, 1.82) is 0 Å². The summed E-state index contributed by atoms with van der Waals surface area (Å²) >= 11 is 6.04. The zero-order chi connectivity index (χ0) is 13.1. The van der Waals surface area contributed by atoms with Crippen LogP contribution in [0.2, 0.25) is 5.02 Å². The van der Waals surface area contributed by atoms with Gasteiger partial charge in [-0.2, -0.15) is 0 Å². The van der Waals surface area contributed by atoms with E-state index in [0.29, 0.717) is 0 Å². The van der Waals surface area contributed by atoms with Gasteiger partial charge < -0.3 is 5.32 Å². The Bertz CT molecular complexity index is 554. The molecule has 0 saturated heterocycles. The van der Waals surface area contributed by atoms with Crippen LogP contribution in [0.3, 0.4) is 0 Å². The molecule has 2 aromatic rings. The van der Waals surface area contributed by atoms with Crippen molar-refractivity contribution in [2.45, 2.75) is 13.1 Å². The number of hydrogen-bond donors (Lipinski definition) is 1. The van der Waals surface area contributed by atoms with Crippen LogP contribution in [0.4, 0.5) is 5.69 Å². The minimum Gasteiger partial charge on any atom is -0.383 e. The first-order chi connectivity index (χ1) is 9.31. The maximum Gasteiger partial charge on any atom is 0.0426 e. The minimum absolute atomic E-state index is 0.794. The number of benzene rings is 2. The zero-order valence-electron chi connectivity index (χ0n) is 10.8. The number of rotatable bonds is 2. The zero-order valence-corrected chi connectivity index (χ0v) is 11.5. The van der Waals surface area contributed by atoms with Crippen molar-refractivity contribution in [3.8, 4) is 0 Å². The highest BCUT2D eigenvalue weighted by Gasteiger charge is 2.14. The molecule has 0 saturated carbocycles. The number of halogens is 1. The fourth-order valence-corrected chi connectivity index (χ4v) is 2.67. The maximum atomic E-state index is 6.04. The van der Waals surface area contributed by atoms with E-state index in [1.54, 1.807) is 0 Å². The van der Waals surface area contributed by atoms with Crippen LogP contribution in [0.5, 0.6) is 0 Å².